The van der Waals surface area contributed by atoms with E-state index in [1.807, 2.05) is 6.92 Å². The number of hydrogen-bond acceptors (Lipinski definition) is 3. The number of aromatic nitrogens is 3. The summed E-state index contributed by atoms with van der Waals surface area (Å²) in [5.41, 5.74) is 0.766. The van der Waals surface area contributed by atoms with Crippen molar-refractivity contribution in [3.63, 3.8) is 0 Å². The Labute approximate surface area is 126 Å². The molecule has 0 bridgehead atoms. The third-order valence-electron chi connectivity index (χ3n) is 2.45. The lowest BCUT2D eigenvalue weighted by Crippen LogP contribution is -2.21. The summed E-state index contributed by atoms with van der Waals surface area (Å²) in [5.74, 6) is 5.76. The van der Waals surface area contributed by atoms with E-state index >= 15 is 0 Å². The van der Waals surface area contributed by atoms with Crippen molar-refractivity contribution in [3.8, 4) is 23.2 Å². The quantitative estimate of drug-likeness (QED) is 0.801. The van der Waals surface area contributed by atoms with E-state index in [9.17, 15) is 4.79 Å². The van der Waals surface area contributed by atoms with Crippen LogP contribution < -0.4 is 5.56 Å². The Bertz CT molecular complexity index is 744. The minimum atomic E-state index is -0.218. The molecule has 0 saturated heterocycles. The zero-order chi connectivity index (χ0) is 14.5. The van der Waals surface area contributed by atoms with Gasteiger partial charge in [-0.3, -0.25) is 9.78 Å². The molecule has 0 aliphatic heterocycles. The highest BCUT2D eigenvalue weighted by Crippen LogP contribution is 2.25. The third-order valence-corrected chi connectivity index (χ3v) is 2.94. The van der Waals surface area contributed by atoms with Gasteiger partial charge in [-0.25, -0.2) is 4.68 Å². The van der Waals surface area contributed by atoms with Crippen LogP contribution in [0.25, 0.3) is 11.4 Å². The van der Waals surface area contributed by atoms with E-state index in [4.69, 9.17) is 23.2 Å². The van der Waals surface area contributed by atoms with Gasteiger partial charge in [0.05, 0.1) is 10.0 Å². The molecule has 2 aromatic heterocycles. The Morgan fingerprint density at radius 1 is 1.30 bits per heavy atom. The van der Waals surface area contributed by atoms with Crippen LogP contribution >= 0.6 is 23.2 Å². The standard InChI is InChI=1S/C14H11Cl2N3O/c1-2-3-4-7-19-13(20)6-5-12(18-19)14-11(16)8-10(15)9-17-14/h5-6,8-9H,2,7H2,1H3. The fraction of sp³-hybridized carbons (Fsp3) is 0.214. The van der Waals surface area contributed by atoms with Crippen LogP contribution in [0.15, 0.2) is 29.2 Å². The lowest BCUT2D eigenvalue weighted by molar-refractivity contribution is 0.665. The van der Waals surface area contributed by atoms with Crippen molar-refractivity contribution in [2.45, 2.75) is 19.9 Å². The van der Waals surface area contributed by atoms with Crippen LogP contribution in [0.5, 0.6) is 0 Å². The van der Waals surface area contributed by atoms with Gasteiger partial charge in [-0.2, -0.15) is 5.10 Å². The molecule has 0 spiro atoms. The highest BCUT2D eigenvalue weighted by Gasteiger charge is 2.09. The number of hydrogen-bond donors (Lipinski definition) is 0. The van der Waals surface area contributed by atoms with E-state index < -0.39 is 0 Å². The molecule has 102 valence electrons. The molecule has 0 fully saturated rings. The van der Waals surface area contributed by atoms with Crippen molar-refractivity contribution in [2.75, 3.05) is 0 Å². The second-order valence-electron chi connectivity index (χ2n) is 3.91. The monoisotopic (exact) mass is 307 g/mol. The lowest BCUT2D eigenvalue weighted by atomic mass is 10.2. The second-order valence-corrected chi connectivity index (χ2v) is 4.75. The maximum absolute atomic E-state index is 11.7. The first kappa shape index (κ1) is 14.6. The van der Waals surface area contributed by atoms with Gasteiger partial charge >= 0.3 is 0 Å². The number of halogens is 2. The summed E-state index contributed by atoms with van der Waals surface area (Å²) in [7, 11) is 0. The molecule has 6 heteroatoms. The first-order valence-corrected chi connectivity index (χ1v) is 6.72. The van der Waals surface area contributed by atoms with Crippen LogP contribution in [0.2, 0.25) is 10.0 Å². The van der Waals surface area contributed by atoms with Crippen LogP contribution in [-0.4, -0.2) is 14.8 Å². The SMILES string of the molecule is CCC#CCn1nc(-c2ncc(Cl)cc2Cl)ccc1=O. The van der Waals surface area contributed by atoms with Gasteiger partial charge in [0.25, 0.3) is 5.56 Å². The Kier molecular flexibility index (Phi) is 4.78. The lowest BCUT2D eigenvalue weighted by Gasteiger charge is -2.05. The predicted octanol–water partition coefficient (Wildman–Crippen LogP) is 3.03. The molecule has 4 nitrogen and oxygen atoms in total. The van der Waals surface area contributed by atoms with Crippen LogP contribution in [0.1, 0.15) is 13.3 Å². The maximum Gasteiger partial charge on any atom is 0.267 e. The van der Waals surface area contributed by atoms with Gasteiger partial charge in [-0.05, 0) is 12.1 Å². The molecule has 2 rings (SSSR count). The minimum Gasteiger partial charge on any atom is -0.268 e. The molecule has 0 unspecified atom stereocenters. The van der Waals surface area contributed by atoms with Crippen molar-refractivity contribution in [1.82, 2.24) is 14.8 Å². The molecule has 0 aliphatic rings. The third kappa shape index (κ3) is 3.38. The zero-order valence-electron chi connectivity index (χ0n) is 10.7. The molecule has 0 radical (unpaired) electrons. The highest BCUT2D eigenvalue weighted by atomic mass is 35.5. The summed E-state index contributed by atoms with van der Waals surface area (Å²) in [6, 6.07) is 4.58. The molecule has 2 heterocycles. The molecule has 2 aromatic rings. The molecule has 20 heavy (non-hydrogen) atoms. The first-order valence-electron chi connectivity index (χ1n) is 5.97. The van der Waals surface area contributed by atoms with Gasteiger partial charge in [-0.1, -0.05) is 36.0 Å². The molecule has 0 aliphatic carbocycles. The zero-order valence-corrected chi connectivity index (χ0v) is 12.2. The topological polar surface area (TPSA) is 47.8 Å². The Morgan fingerprint density at radius 3 is 2.80 bits per heavy atom. The molecule has 0 atom stereocenters. The van der Waals surface area contributed by atoms with E-state index in [-0.39, 0.29) is 12.1 Å². The van der Waals surface area contributed by atoms with Crippen LogP contribution in [0.4, 0.5) is 0 Å². The van der Waals surface area contributed by atoms with E-state index in [1.54, 1.807) is 12.1 Å². The normalized spacial score (nSPS) is 9.95. The number of pyridine rings is 1. The van der Waals surface area contributed by atoms with Gasteiger partial charge in [0.1, 0.15) is 17.9 Å². The van der Waals surface area contributed by atoms with Gasteiger partial charge in [0.15, 0.2) is 0 Å². The van der Waals surface area contributed by atoms with Crippen LogP contribution in [0.3, 0.4) is 0 Å². The molecular formula is C14H11Cl2N3O. The summed E-state index contributed by atoms with van der Waals surface area (Å²) >= 11 is 11.9. The molecular weight excluding hydrogens is 297 g/mol. The Hall–Kier alpha value is -1.83. The van der Waals surface area contributed by atoms with E-state index in [0.717, 1.165) is 6.42 Å². The van der Waals surface area contributed by atoms with Gasteiger partial charge in [-0.15, -0.1) is 5.92 Å². The van der Waals surface area contributed by atoms with Crippen molar-refractivity contribution >= 4 is 23.2 Å². The summed E-state index contributed by atoms with van der Waals surface area (Å²) in [6.45, 7) is 2.18. The van der Waals surface area contributed by atoms with Gasteiger partial charge < -0.3 is 0 Å². The highest BCUT2D eigenvalue weighted by molar-refractivity contribution is 6.35. The average molecular weight is 308 g/mol. The predicted molar refractivity (Wildman–Crippen MR) is 79.8 cm³/mol. The van der Waals surface area contributed by atoms with Crippen LogP contribution in [0, 0.1) is 11.8 Å². The fourth-order valence-electron chi connectivity index (χ4n) is 1.55. The average Bonchev–Trinajstić information content (AvgIpc) is 2.41. The van der Waals surface area contributed by atoms with Crippen molar-refractivity contribution in [2.24, 2.45) is 0 Å². The Morgan fingerprint density at radius 2 is 2.10 bits per heavy atom. The van der Waals surface area contributed by atoms with Gasteiger partial charge in [0.2, 0.25) is 0 Å². The summed E-state index contributed by atoms with van der Waals surface area (Å²) in [4.78, 5) is 15.8. The fourth-order valence-corrected chi connectivity index (χ4v) is 2.02. The molecule has 0 aromatic carbocycles. The molecule has 0 saturated carbocycles. The summed E-state index contributed by atoms with van der Waals surface area (Å²) in [6.07, 6.45) is 2.22. The number of rotatable bonds is 2. The molecule has 0 amide bonds. The number of nitrogens with zero attached hydrogens (tertiary/aromatic N) is 3. The van der Waals surface area contributed by atoms with Crippen molar-refractivity contribution < 1.29 is 0 Å². The Balaban J connectivity index is 2.43. The van der Waals surface area contributed by atoms with Crippen LogP contribution in [-0.2, 0) is 6.54 Å². The first-order chi connectivity index (χ1) is 9.61. The van der Waals surface area contributed by atoms with Gasteiger partial charge in [0, 0.05) is 18.7 Å². The van der Waals surface area contributed by atoms with E-state index in [2.05, 4.69) is 21.9 Å². The second kappa shape index (κ2) is 6.56. The summed E-state index contributed by atoms with van der Waals surface area (Å²) < 4.78 is 1.28. The minimum absolute atomic E-state index is 0.218. The largest absolute Gasteiger partial charge is 0.268 e. The summed E-state index contributed by atoms with van der Waals surface area (Å²) in [5, 5.41) is 5.05. The van der Waals surface area contributed by atoms with Crippen molar-refractivity contribution in [3.05, 3.63) is 44.8 Å². The van der Waals surface area contributed by atoms with E-state index in [1.165, 1.54) is 16.9 Å². The molecule has 0 N–H and O–H groups in total. The smallest absolute Gasteiger partial charge is 0.267 e. The van der Waals surface area contributed by atoms with E-state index in [0.29, 0.717) is 21.4 Å². The maximum atomic E-state index is 11.7. The van der Waals surface area contributed by atoms with Crippen molar-refractivity contribution in [1.29, 1.82) is 0 Å².